The van der Waals surface area contributed by atoms with Gasteiger partial charge in [-0.1, -0.05) is 25.1 Å². The van der Waals surface area contributed by atoms with Crippen molar-refractivity contribution in [2.24, 2.45) is 0 Å². The third kappa shape index (κ3) is 2.62. The average molecular weight is 243 g/mol. The Bertz CT molecular complexity index is 514. The highest BCUT2D eigenvalue weighted by Crippen LogP contribution is 2.17. The predicted molar refractivity (Wildman–Crippen MR) is 75.0 cm³/mol. The van der Waals surface area contributed by atoms with E-state index in [1.165, 1.54) is 16.8 Å². The van der Waals surface area contributed by atoms with Gasteiger partial charge in [-0.05, 0) is 38.4 Å². The van der Waals surface area contributed by atoms with Crippen LogP contribution in [-0.4, -0.2) is 16.3 Å². The number of hydrogen-bond acceptors (Lipinski definition) is 2. The zero-order valence-corrected chi connectivity index (χ0v) is 11.4. The van der Waals surface area contributed by atoms with Crippen LogP contribution in [0.1, 0.15) is 30.2 Å². The van der Waals surface area contributed by atoms with Crippen LogP contribution in [0.15, 0.2) is 30.5 Å². The second-order valence-corrected chi connectivity index (χ2v) is 4.63. The zero-order chi connectivity index (χ0) is 13.0. The maximum atomic E-state index is 4.50. The first-order valence-corrected chi connectivity index (χ1v) is 6.54. The zero-order valence-electron chi connectivity index (χ0n) is 11.4. The lowest BCUT2D eigenvalue weighted by Crippen LogP contribution is -2.14. The maximum Gasteiger partial charge on any atom is 0.0677 e. The Morgan fingerprint density at radius 1 is 1.22 bits per heavy atom. The van der Waals surface area contributed by atoms with Crippen LogP contribution in [0.25, 0.3) is 5.69 Å². The molecule has 96 valence electrons. The van der Waals surface area contributed by atoms with Gasteiger partial charge in [0.1, 0.15) is 0 Å². The van der Waals surface area contributed by atoms with Crippen LogP contribution in [0, 0.1) is 13.8 Å². The Labute approximate surface area is 109 Å². The summed E-state index contributed by atoms with van der Waals surface area (Å²) in [5.41, 5.74) is 4.90. The highest BCUT2D eigenvalue weighted by molar-refractivity contribution is 5.41. The third-order valence-corrected chi connectivity index (χ3v) is 3.20. The molecule has 0 aliphatic heterocycles. The summed E-state index contributed by atoms with van der Waals surface area (Å²) >= 11 is 0. The first kappa shape index (κ1) is 12.8. The van der Waals surface area contributed by atoms with Gasteiger partial charge in [0.2, 0.25) is 0 Å². The van der Waals surface area contributed by atoms with Crippen molar-refractivity contribution in [1.82, 2.24) is 15.1 Å². The number of rotatable bonds is 5. The molecule has 0 bridgehead atoms. The highest BCUT2D eigenvalue weighted by atomic mass is 15.3. The number of benzene rings is 1. The molecule has 0 radical (unpaired) electrons. The molecular formula is C15H21N3. The van der Waals surface area contributed by atoms with Crippen molar-refractivity contribution in [2.45, 2.75) is 33.7 Å². The molecule has 18 heavy (non-hydrogen) atoms. The van der Waals surface area contributed by atoms with Gasteiger partial charge in [-0.2, -0.15) is 5.10 Å². The lowest BCUT2D eigenvalue weighted by Gasteiger charge is -2.08. The second-order valence-electron chi connectivity index (χ2n) is 4.63. The van der Waals surface area contributed by atoms with Crippen molar-refractivity contribution < 1.29 is 0 Å². The van der Waals surface area contributed by atoms with Crippen molar-refractivity contribution in [2.75, 3.05) is 6.54 Å². The summed E-state index contributed by atoms with van der Waals surface area (Å²) in [5.74, 6) is 0. The summed E-state index contributed by atoms with van der Waals surface area (Å²) in [6.45, 7) is 8.37. The molecule has 3 heteroatoms. The molecule has 3 nitrogen and oxygen atoms in total. The van der Waals surface area contributed by atoms with E-state index in [9.17, 15) is 0 Å². The smallest absolute Gasteiger partial charge is 0.0677 e. The average Bonchev–Trinajstić information content (AvgIpc) is 2.72. The molecule has 0 saturated carbocycles. The van der Waals surface area contributed by atoms with Gasteiger partial charge in [0.05, 0.1) is 11.9 Å². The number of nitrogens with one attached hydrogen (secondary N) is 1. The van der Waals surface area contributed by atoms with E-state index in [1.807, 2.05) is 10.9 Å². The van der Waals surface area contributed by atoms with Gasteiger partial charge < -0.3 is 5.32 Å². The SMILES string of the molecule is CCCNCc1cnn(-c2ccccc2C)c1C. The van der Waals surface area contributed by atoms with Crippen LogP contribution in [0.5, 0.6) is 0 Å². The molecule has 0 atom stereocenters. The van der Waals surface area contributed by atoms with Crippen molar-refractivity contribution >= 4 is 0 Å². The van der Waals surface area contributed by atoms with Crippen LogP contribution in [-0.2, 0) is 6.54 Å². The molecule has 0 fully saturated rings. The summed E-state index contributed by atoms with van der Waals surface area (Å²) in [6, 6.07) is 8.34. The van der Waals surface area contributed by atoms with Gasteiger partial charge in [0.15, 0.2) is 0 Å². The van der Waals surface area contributed by atoms with Gasteiger partial charge in [-0.15, -0.1) is 0 Å². The fourth-order valence-electron chi connectivity index (χ4n) is 2.06. The monoisotopic (exact) mass is 243 g/mol. The van der Waals surface area contributed by atoms with Crippen molar-refractivity contribution in [3.05, 3.63) is 47.3 Å². The number of aryl methyl sites for hydroxylation is 1. The Kier molecular flexibility index (Phi) is 4.15. The minimum Gasteiger partial charge on any atom is -0.313 e. The number of aromatic nitrogens is 2. The van der Waals surface area contributed by atoms with E-state index in [0.29, 0.717) is 0 Å². The number of nitrogens with zero attached hydrogens (tertiary/aromatic N) is 2. The Morgan fingerprint density at radius 2 is 2.00 bits per heavy atom. The summed E-state index contributed by atoms with van der Waals surface area (Å²) in [7, 11) is 0. The van der Waals surface area contributed by atoms with E-state index in [1.54, 1.807) is 0 Å². The molecule has 2 aromatic rings. The van der Waals surface area contributed by atoms with E-state index in [4.69, 9.17) is 0 Å². The molecule has 0 unspecified atom stereocenters. The third-order valence-electron chi connectivity index (χ3n) is 3.20. The molecule has 1 N–H and O–H groups in total. The normalized spacial score (nSPS) is 10.8. The van der Waals surface area contributed by atoms with Crippen LogP contribution < -0.4 is 5.32 Å². The lowest BCUT2D eigenvalue weighted by molar-refractivity contribution is 0.672. The quantitative estimate of drug-likeness (QED) is 0.818. The van der Waals surface area contributed by atoms with Gasteiger partial charge in [-0.3, -0.25) is 0 Å². The van der Waals surface area contributed by atoms with Crippen LogP contribution >= 0.6 is 0 Å². The molecule has 0 aliphatic rings. The molecule has 1 heterocycles. The molecule has 1 aromatic carbocycles. The Morgan fingerprint density at radius 3 is 2.72 bits per heavy atom. The van der Waals surface area contributed by atoms with Crippen LogP contribution in [0.2, 0.25) is 0 Å². The largest absolute Gasteiger partial charge is 0.313 e. The summed E-state index contributed by atoms with van der Waals surface area (Å²) in [6.07, 6.45) is 3.12. The van der Waals surface area contributed by atoms with Crippen LogP contribution in [0.3, 0.4) is 0 Å². The molecule has 0 amide bonds. The van der Waals surface area contributed by atoms with Gasteiger partial charge >= 0.3 is 0 Å². The van der Waals surface area contributed by atoms with Gasteiger partial charge in [0.25, 0.3) is 0 Å². The minimum absolute atomic E-state index is 0.894. The summed E-state index contributed by atoms with van der Waals surface area (Å²) in [5, 5.41) is 7.92. The molecular weight excluding hydrogens is 222 g/mol. The fraction of sp³-hybridized carbons (Fsp3) is 0.400. The molecule has 2 rings (SSSR count). The Hall–Kier alpha value is -1.61. The standard InChI is InChI=1S/C15H21N3/c1-4-9-16-10-14-11-17-18(13(14)3)15-8-6-5-7-12(15)2/h5-8,11,16H,4,9-10H2,1-3H3. The van der Waals surface area contributed by atoms with E-state index >= 15 is 0 Å². The van der Waals surface area contributed by atoms with E-state index in [2.05, 4.69) is 55.5 Å². The van der Waals surface area contributed by atoms with E-state index < -0.39 is 0 Å². The van der Waals surface area contributed by atoms with E-state index in [-0.39, 0.29) is 0 Å². The fourth-order valence-corrected chi connectivity index (χ4v) is 2.06. The van der Waals surface area contributed by atoms with Gasteiger partial charge in [0, 0.05) is 17.8 Å². The summed E-state index contributed by atoms with van der Waals surface area (Å²) < 4.78 is 2.03. The molecule has 0 spiro atoms. The topological polar surface area (TPSA) is 29.9 Å². The summed E-state index contributed by atoms with van der Waals surface area (Å²) in [4.78, 5) is 0. The number of para-hydroxylation sites is 1. The molecule has 1 aromatic heterocycles. The molecule has 0 aliphatic carbocycles. The second kappa shape index (κ2) is 5.83. The van der Waals surface area contributed by atoms with Gasteiger partial charge in [-0.25, -0.2) is 4.68 Å². The van der Waals surface area contributed by atoms with Crippen LogP contribution in [0.4, 0.5) is 0 Å². The van der Waals surface area contributed by atoms with Crippen molar-refractivity contribution in [3.8, 4) is 5.69 Å². The molecule has 0 saturated heterocycles. The van der Waals surface area contributed by atoms with Crippen molar-refractivity contribution in [3.63, 3.8) is 0 Å². The lowest BCUT2D eigenvalue weighted by atomic mass is 10.2. The maximum absolute atomic E-state index is 4.50. The minimum atomic E-state index is 0.894. The number of hydrogen-bond donors (Lipinski definition) is 1. The van der Waals surface area contributed by atoms with Crippen molar-refractivity contribution in [1.29, 1.82) is 0 Å². The predicted octanol–water partition coefficient (Wildman–Crippen LogP) is 2.99. The first-order chi connectivity index (χ1) is 8.74. The van der Waals surface area contributed by atoms with E-state index in [0.717, 1.165) is 25.2 Å². The highest BCUT2D eigenvalue weighted by Gasteiger charge is 2.08. The Balaban J connectivity index is 2.23. The first-order valence-electron chi connectivity index (χ1n) is 6.54.